The molecule has 1 rings (SSSR count). The summed E-state index contributed by atoms with van der Waals surface area (Å²) in [5.74, 6) is 0. The van der Waals surface area contributed by atoms with Crippen LogP contribution in [0.5, 0.6) is 0 Å². The van der Waals surface area contributed by atoms with Gasteiger partial charge in [0, 0.05) is 0 Å². The van der Waals surface area contributed by atoms with Crippen LogP contribution in [0.15, 0.2) is 24.3 Å². The van der Waals surface area contributed by atoms with Gasteiger partial charge < -0.3 is 35.4 Å². The third-order valence-electron chi connectivity index (χ3n) is 2.41. The first kappa shape index (κ1) is 19.4. The molecule has 0 heterocycles. The van der Waals surface area contributed by atoms with Crippen molar-refractivity contribution < 1.29 is 29.6 Å². The van der Waals surface area contributed by atoms with Gasteiger partial charge in [-0.25, -0.2) is 0 Å². The number of aryl methyl sites for hydroxylation is 1. The first-order valence-electron chi connectivity index (χ1n) is 5.84. The second-order valence-electron chi connectivity index (χ2n) is 4.35. The lowest BCUT2D eigenvalue weighted by Crippen LogP contribution is -2.50. The second-order valence-corrected chi connectivity index (χ2v) is 5.11. The van der Waals surface area contributed by atoms with Gasteiger partial charge in [0.1, 0.15) is 0 Å². The van der Waals surface area contributed by atoms with E-state index in [1.54, 1.807) is 0 Å². The molecule has 7 nitrogen and oxygen atoms in total. The van der Waals surface area contributed by atoms with E-state index >= 15 is 0 Å². The molecule has 0 saturated heterocycles. The largest absolute Gasteiger partial charge is 0.394 e. The lowest BCUT2D eigenvalue weighted by atomic mass is 10.1. The molecule has 0 fully saturated rings. The van der Waals surface area contributed by atoms with E-state index < -0.39 is 34.0 Å². The van der Waals surface area contributed by atoms with Gasteiger partial charge in [0.25, 0.3) is 0 Å². The van der Waals surface area contributed by atoms with Crippen molar-refractivity contribution in [2.75, 3.05) is 19.8 Å². The van der Waals surface area contributed by atoms with Gasteiger partial charge in [-0.1, -0.05) is 29.8 Å². The summed E-state index contributed by atoms with van der Waals surface area (Å²) in [5, 5.41) is 25.0. The van der Waals surface area contributed by atoms with Crippen LogP contribution < -0.4 is 5.73 Å². The molecule has 116 valence electrons. The van der Waals surface area contributed by atoms with Crippen LogP contribution in [0.4, 0.5) is 0 Å². The first-order valence-corrected chi connectivity index (χ1v) is 7.01. The Morgan fingerprint density at radius 3 is 1.80 bits per heavy atom. The van der Waals surface area contributed by atoms with Crippen LogP contribution in [-0.2, 0) is 11.1 Å². The normalized spacial score (nSPS) is 11.2. The lowest BCUT2D eigenvalue weighted by Gasteiger charge is -2.20. The van der Waals surface area contributed by atoms with E-state index in [0.29, 0.717) is 0 Å². The van der Waals surface area contributed by atoms with Crippen LogP contribution in [0.25, 0.3) is 0 Å². The van der Waals surface area contributed by atoms with Crippen molar-refractivity contribution in [3.05, 3.63) is 35.4 Å². The second kappa shape index (κ2) is 10.1. The van der Waals surface area contributed by atoms with Gasteiger partial charge in [0.2, 0.25) is 0 Å². The minimum absolute atomic E-state index is 0.249. The number of hydrogen-bond donors (Lipinski definition) is 6. The van der Waals surface area contributed by atoms with Crippen LogP contribution in [0.3, 0.4) is 0 Å². The van der Waals surface area contributed by atoms with E-state index in [-0.39, 0.29) is 6.61 Å². The topological polar surface area (TPSA) is 136 Å². The van der Waals surface area contributed by atoms with Crippen molar-refractivity contribution >= 4 is 8.60 Å². The van der Waals surface area contributed by atoms with Crippen LogP contribution in [0.2, 0.25) is 0 Å². The van der Waals surface area contributed by atoms with E-state index in [2.05, 4.69) is 4.52 Å². The van der Waals surface area contributed by atoms with Crippen molar-refractivity contribution in [2.45, 2.75) is 19.1 Å². The molecule has 0 unspecified atom stereocenters. The Labute approximate surface area is 119 Å². The van der Waals surface area contributed by atoms with E-state index in [0.717, 1.165) is 5.56 Å². The smallest absolute Gasteiger partial charge is 0.327 e. The molecule has 0 amide bonds. The Bertz CT molecular complexity index is 347. The molecule has 20 heavy (non-hydrogen) atoms. The fourth-order valence-corrected chi connectivity index (χ4v) is 1.23. The summed E-state index contributed by atoms with van der Waals surface area (Å²) in [6.45, 7) is 1.04. The number of aliphatic hydroxyl groups is 3. The molecule has 8 heteroatoms. The fourth-order valence-electron chi connectivity index (χ4n) is 0.967. The monoisotopic (exact) mass is 307 g/mol. The highest BCUT2D eigenvalue weighted by Gasteiger charge is 2.20. The van der Waals surface area contributed by atoms with Crippen LogP contribution in [0.1, 0.15) is 11.1 Å². The Kier molecular flexibility index (Phi) is 9.83. The fraction of sp³-hybridized carbons (Fsp3) is 0.500. The standard InChI is InChI=1S/C8H11O3P.C4H11NO3/c1-7-2-4-8(5-3-7)6-11-12(9)10;5-4(1-6,2-7)3-8/h2-5,9-10H,6H2,1H3;6-8H,1-3,5H2. The molecule has 0 bridgehead atoms. The predicted molar refractivity (Wildman–Crippen MR) is 75.5 cm³/mol. The Morgan fingerprint density at radius 1 is 1.05 bits per heavy atom. The predicted octanol–water partition coefficient (Wildman–Crippen LogP) is -0.616. The lowest BCUT2D eigenvalue weighted by molar-refractivity contribution is 0.0697. The molecule has 0 spiro atoms. The van der Waals surface area contributed by atoms with Crippen molar-refractivity contribution in [1.29, 1.82) is 0 Å². The highest BCUT2D eigenvalue weighted by Crippen LogP contribution is 2.26. The van der Waals surface area contributed by atoms with Crippen molar-refractivity contribution in [3.63, 3.8) is 0 Å². The van der Waals surface area contributed by atoms with Gasteiger partial charge >= 0.3 is 8.60 Å². The van der Waals surface area contributed by atoms with Crippen molar-refractivity contribution in [3.8, 4) is 0 Å². The third-order valence-corrected chi connectivity index (χ3v) is 2.77. The molecule has 0 saturated carbocycles. The molecule has 0 aliphatic heterocycles. The molecule has 0 atom stereocenters. The highest BCUT2D eigenvalue weighted by molar-refractivity contribution is 7.39. The van der Waals surface area contributed by atoms with E-state index in [1.807, 2.05) is 31.2 Å². The SMILES string of the molecule is Cc1ccc(COP(O)O)cc1.NC(CO)(CO)CO. The third kappa shape index (κ3) is 8.52. The Hall–Kier alpha value is -0.630. The van der Waals surface area contributed by atoms with E-state index in [4.69, 9.17) is 30.8 Å². The average Bonchev–Trinajstić information content (AvgIpc) is 2.46. The van der Waals surface area contributed by atoms with E-state index in [1.165, 1.54) is 5.56 Å². The maximum atomic E-state index is 8.47. The van der Waals surface area contributed by atoms with Crippen LogP contribution in [-0.4, -0.2) is 50.5 Å². The van der Waals surface area contributed by atoms with Gasteiger partial charge in [0.15, 0.2) is 0 Å². The van der Waals surface area contributed by atoms with Gasteiger partial charge in [-0.05, 0) is 12.5 Å². The maximum absolute atomic E-state index is 8.47. The molecule has 0 radical (unpaired) electrons. The molecule has 1 aromatic carbocycles. The van der Waals surface area contributed by atoms with Crippen molar-refractivity contribution in [1.82, 2.24) is 0 Å². The maximum Gasteiger partial charge on any atom is 0.327 e. The van der Waals surface area contributed by atoms with Gasteiger partial charge in [-0.2, -0.15) is 0 Å². The summed E-state index contributed by atoms with van der Waals surface area (Å²) < 4.78 is 4.64. The molecule has 7 N–H and O–H groups in total. The summed E-state index contributed by atoms with van der Waals surface area (Å²) in [6, 6.07) is 7.70. The van der Waals surface area contributed by atoms with E-state index in [9.17, 15) is 0 Å². The zero-order chi connectivity index (χ0) is 15.6. The number of rotatable bonds is 6. The molecular formula is C12H22NO6P. The quantitative estimate of drug-likeness (QED) is 0.385. The molecule has 1 aromatic rings. The minimum Gasteiger partial charge on any atom is -0.394 e. The Balaban J connectivity index is 0.000000396. The minimum atomic E-state index is -2.23. The van der Waals surface area contributed by atoms with Crippen molar-refractivity contribution in [2.24, 2.45) is 5.73 Å². The summed E-state index contributed by atoms with van der Waals surface area (Å²) >= 11 is 0. The molecule has 0 aromatic heterocycles. The van der Waals surface area contributed by atoms with Crippen LogP contribution in [0, 0.1) is 6.92 Å². The van der Waals surface area contributed by atoms with Gasteiger partial charge in [0.05, 0.1) is 32.0 Å². The van der Waals surface area contributed by atoms with Crippen LogP contribution >= 0.6 is 8.60 Å². The van der Waals surface area contributed by atoms with Gasteiger partial charge in [-0.3, -0.25) is 0 Å². The summed E-state index contributed by atoms with van der Waals surface area (Å²) in [6.07, 6.45) is 0. The zero-order valence-electron chi connectivity index (χ0n) is 11.3. The van der Waals surface area contributed by atoms with Gasteiger partial charge in [-0.15, -0.1) is 0 Å². The summed E-state index contributed by atoms with van der Waals surface area (Å²) in [5.41, 5.74) is 6.05. The average molecular weight is 307 g/mol. The highest BCUT2D eigenvalue weighted by atomic mass is 31.2. The molecule has 0 aliphatic carbocycles. The first-order chi connectivity index (χ1) is 9.36. The number of hydrogen-bond acceptors (Lipinski definition) is 7. The number of aliphatic hydroxyl groups excluding tert-OH is 3. The molecule has 0 aliphatic rings. The number of nitrogens with two attached hydrogens (primary N) is 1. The summed E-state index contributed by atoms with van der Waals surface area (Å²) in [7, 11) is -2.23. The number of benzene rings is 1. The summed E-state index contributed by atoms with van der Waals surface area (Å²) in [4.78, 5) is 16.9. The molecular weight excluding hydrogens is 285 g/mol. The zero-order valence-corrected chi connectivity index (χ0v) is 12.2. The Morgan fingerprint density at radius 2 is 1.50 bits per heavy atom.